The van der Waals surface area contributed by atoms with E-state index in [2.05, 4.69) is 42.4 Å². The fourth-order valence-corrected chi connectivity index (χ4v) is 4.26. The number of hydrogen-bond donors (Lipinski definition) is 1. The van der Waals surface area contributed by atoms with E-state index >= 15 is 0 Å². The zero-order chi connectivity index (χ0) is 18.2. The molecule has 6 nitrogen and oxygen atoms in total. The van der Waals surface area contributed by atoms with Crippen LogP contribution in [0, 0.1) is 0 Å². The standard InChI is InChI=1S/C19H13BrN6S/c20-14-9-5-4-8-13(14)17-11-27-19-24-23-18(26(19)25-17)16-10-15(21-22-16)12-6-2-1-3-7-12/h1-10H,11H2,(H,21,22). The Morgan fingerprint density at radius 1 is 1.00 bits per heavy atom. The van der Waals surface area contributed by atoms with Gasteiger partial charge in [-0.1, -0.05) is 76.2 Å². The van der Waals surface area contributed by atoms with Gasteiger partial charge in [0, 0.05) is 21.4 Å². The molecule has 0 saturated carbocycles. The summed E-state index contributed by atoms with van der Waals surface area (Å²) in [6.45, 7) is 0. The summed E-state index contributed by atoms with van der Waals surface area (Å²) >= 11 is 5.23. The Morgan fingerprint density at radius 3 is 2.67 bits per heavy atom. The summed E-state index contributed by atoms with van der Waals surface area (Å²) in [6, 6.07) is 20.1. The zero-order valence-electron chi connectivity index (χ0n) is 14.0. The maximum absolute atomic E-state index is 4.80. The summed E-state index contributed by atoms with van der Waals surface area (Å²) in [6.07, 6.45) is 0. The fourth-order valence-electron chi connectivity index (χ4n) is 2.92. The molecule has 0 radical (unpaired) electrons. The third-order valence-corrected chi connectivity index (χ3v) is 5.87. The van der Waals surface area contributed by atoms with E-state index in [1.54, 1.807) is 16.4 Å². The molecule has 1 aliphatic heterocycles. The Labute approximate surface area is 167 Å². The molecule has 1 N–H and O–H groups in total. The van der Waals surface area contributed by atoms with Gasteiger partial charge in [-0.3, -0.25) is 5.10 Å². The highest BCUT2D eigenvalue weighted by atomic mass is 79.9. The SMILES string of the molecule is Brc1ccccc1C1=Nn2c(nnc2-c2cc(-c3ccccc3)n[nH]2)SC1. The topological polar surface area (TPSA) is 71.8 Å². The number of halogens is 1. The van der Waals surface area contributed by atoms with Crippen LogP contribution in [0.3, 0.4) is 0 Å². The molecular formula is C19H13BrN6S. The smallest absolute Gasteiger partial charge is 0.212 e. The maximum atomic E-state index is 4.80. The molecule has 0 amide bonds. The quantitative estimate of drug-likeness (QED) is 0.514. The lowest BCUT2D eigenvalue weighted by Crippen LogP contribution is -2.14. The summed E-state index contributed by atoms with van der Waals surface area (Å²) < 4.78 is 2.81. The van der Waals surface area contributed by atoms with Crippen molar-refractivity contribution in [3.05, 3.63) is 70.7 Å². The molecule has 3 heterocycles. The molecule has 4 aromatic rings. The van der Waals surface area contributed by atoms with E-state index in [1.165, 1.54) is 0 Å². The average Bonchev–Trinajstić information content (AvgIpc) is 3.35. The Balaban J connectivity index is 1.56. The molecule has 0 bridgehead atoms. The van der Waals surface area contributed by atoms with E-state index in [0.29, 0.717) is 5.82 Å². The van der Waals surface area contributed by atoms with Crippen molar-refractivity contribution in [1.29, 1.82) is 0 Å². The summed E-state index contributed by atoms with van der Waals surface area (Å²) in [5.74, 6) is 1.40. The van der Waals surface area contributed by atoms with Crippen molar-refractivity contribution in [2.45, 2.75) is 5.16 Å². The number of benzene rings is 2. The van der Waals surface area contributed by atoms with Crippen molar-refractivity contribution >= 4 is 33.4 Å². The van der Waals surface area contributed by atoms with E-state index in [9.17, 15) is 0 Å². The van der Waals surface area contributed by atoms with Gasteiger partial charge in [-0.15, -0.1) is 10.2 Å². The van der Waals surface area contributed by atoms with Crippen LogP contribution in [0.15, 0.2) is 75.4 Å². The molecule has 132 valence electrons. The van der Waals surface area contributed by atoms with Crippen LogP contribution in [0.25, 0.3) is 22.8 Å². The molecule has 0 spiro atoms. The van der Waals surface area contributed by atoms with Crippen LogP contribution in [-0.2, 0) is 0 Å². The summed E-state index contributed by atoms with van der Waals surface area (Å²) in [5.41, 5.74) is 4.74. The van der Waals surface area contributed by atoms with Gasteiger partial charge in [0.2, 0.25) is 11.0 Å². The zero-order valence-corrected chi connectivity index (χ0v) is 16.4. The molecule has 8 heteroatoms. The Kier molecular flexibility index (Phi) is 4.14. The molecule has 0 aliphatic carbocycles. The van der Waals surface area contributed by atoms with Gasteiger partial charge in [0.25, 0.3) is 0 Å². The van der Waals surface area contributed by atoms with Gasteiger partial charge in [0.15, 0.2) is 0 Å². The number of nitrogens with zero attached hydrogens (tertiary/aromatic N) is 5. The van der Waals surface area contributed by atoms with E-state index in [-0.39, 0.29) is 0 Å². The van der Waals surface area contributed by atoms with Crippen LogP contribution in [0.1, 0.15) is 5.56 Å². The number of nitrogens with one attached hydrogen (secondary N) is 1. The van der Waals surface area contributed by atoms with Crippen LogP contribution in [-0.4, -0.2) is 36.5 Å². The Hall–Kier alpha value is -2.71. The van der Waals surface area contributed by atoms with Gasteiger partial charge in [0.1, 0.15) is 5.69 Å². The minimum absolute atomic E-state index is 0.649. The van der Waals surface area contributed by atoms with Crippen molar-refractivity contribution in [3.8, 4) is 22.8 Å². The van der Waals surface area contributed by atoms with Crippen LogP contribution < -0.4 is 0 Å². The second-order valence-corrected chi connectivity index (χ2v) is 7.76. The number of hydrogen-bond acceptors (Lipinski definition) is 5. The van der Waals surface area contributed by atoms with Crippen molar-refractivity contribution in [2.75, 3.05) is 5.75 Å². The first-order valence-electron chi connectivity index (χ1n) is 8.32. The molecule has 5 rings (SSSR count). The number of fused-ring (bicyclic) bond motifs is 1. The number of aromatic nitrogens is 5. The first kappa shape index (κ1) is 16.5. The predicted molar refractivity (Wildman–Crippen MR) is 110 cm³/mol. The number of thioether (sulfide) groups is 1. The third-order valence-electron chi connectivity index (χ3n) is 4.24. The molecule has 0 unspecified atom stereocenters. The molecule has 27 heavy (non-hydrogen) atoms. The highest BCUT2D eigenvalue weighted by molar-refractivity contribution is 9.10. The Morgan fingerprint density at radius 2 is 1.81 bits per heavy atom. The summed E-state index contributed by atoms with van der Waals surface area (Å²) in [7, 11) is 0. The second kappa shape index (κ2) is 6.79. The molecule has 2 aromatic carbocycles. The highest BCUT2D eigenvalue weighted by Gasteiger charge is 2.22. The van der Waals surface area contributed by atoms with Crippen molar-refractivity contribution < 1.29 is 0 Å². The minimum atomic E-state index is 0.649. The first-order valence-corrected chi connectivity index (χ1v) is 10.1. The largest absolute Gasteiger partial charge is 0.274 e. The van der Waals surface area contributed by atoms with Crippen LogP contribution in [0.4, 0.5) is 0 Å². The first-order chi connectivity index (χ1) is 13.3. The van der Waals surface area contributed by atoms with Crippen LogP contribution in [0.2, 0.25) is 0 Å². The molecule has 0 saturated heterocycles. The summed E-state index contributed by atoms with van der Waals surface area (Å²) in [4.78, 5) is 0. The van der Waals surface area contributed by atoms with Gasteiger partial charge < -0.3 is 0 Å². The van der Waals surface area contributed by atoms with Gasteiger partial charge in [-0.25, -0.2) is 0 Å². The van der Waals surface area contributed by atoms with E-state index in [0.717, 1.165) is 43.6 Å². The monoisotopic (exact) mass is 436 g/mol. The van der Waals surface area contributed by atoms with Crippen LogP contribution >= 0.6 is 27.7 Å². The molecule has 2 aromatic heterocycles. The fraction of sp³-hybridized carbons (Fsp3) is 0.0526. The number of rotatable bonds is 3. The number of H-pyrrole nitrogens is 1. The maximum Gasteiger partial charge on any atom is 0.212 e. The highest BCUT2D eigenvalue weighted by Crippen LogP contribution is 2.30. The van der Waals surface area contributed by atoms with Crippen molar-refractivity contribution in [2.24, 2.45) is 5.10 Å². The normalized spacial score (nSPS) is 13.3. The van der Waals surface area contributed by atoms with Gasteiger partial charge in [-0.2, -0.15) is 14.9 Å². The Bertz CT molecular complexity index is 1150. The summed E-state index contributed by atoms with van der Waals surface area (Å²) in [5, 5.41) is 21.7. The lowest BCUT2D eigenvalue weighted by atomic mass is 10.1. The van der Waals surface area contributed by atoms with Gasteiger partial charge >= 0.3 is 0 Å². The van der Waals surface area contributed by atoms with E-state index in [4.69, 9.17) is 5.10 Å². The lowest BCUT2D eigenvalue weighted by Gasteiger charge is -2.14. The third kappa shape index (κ3) is 3.00. The van der Waals surface area contributed by atoms with Crippen LogP contribution in [0.5, 0.6) is 0 Å². The average molecular weight is 437 g/mol. The molecular weight excluding hydrogens is 424 g/mol. The lowest BCUT2D eigenvalue weighted by molar-refractivity contribution is 0.760. The minimum Gasteiger partial charge on any atom is -0.274 e. The number of aromatic amines is 1. The van der Waals surface area contributed by atoms with E-state index < -0.39 is 0 Å². The predicted octanol–water partition coefficient (Wildman–Crippen LogP) is 4.46. The van der Waals surface area contributed by atoms with Crippen molar-refractivity contribution in [3.63, 3.8) is 0 Å². The second-order valence-electron chi connectivity index (χ2n) is 5.97. The van der Waals surface area contributed by atoms with Crippen molar-refractivity contribution in [1.82, 2.24) is 25.1 Å². The molecule has 0 fully saturated rings. The van der Waals surface area contributed by atoms with Gasteiger partial charge in [-0.05, 0) is 12.1 Å². The molecule has 1 aliphatic rings. The van der Waals surface area contributed by atoms with E-state index in [1.807, 2.05) is 54.6 Å². The molecule has 0 atom stereocenters. The van der Waals surface area contributed by atoms with Gasteiger partial charge in [0.05, 0.1) is 11.4 Å².